The van der Waals surface area contributed by atoms with E-state index < -0.39 is 20.3 Å². The summed E-state index contributed by atoms with van der Waals surface area (Å²) in [6.07, 6.45) is -0.983. The number of carbonyl (C=O) groups is 1. The highest BCUT2D eigenvalue weighted by Crippen LogP contribution is 2.30. The summed E-state index contributed by atoms with van der Waals surface area (Å²) in [5.74, 6) is 1.74. The van der Waals surface area contributed by atoms with E-state index in [1.807, 2.05) is 24.3 Å². The van der Waals surface area contributed by atoms with Crippen LogP contribution in [0.1, 0.15) is 32.3 Å². The van der Waals surface area contributed by atoms with E-state index >= 15 is 0 Å². The Hall–Kier alpha value is -1.01. The summed E-state index contributed by atoms with van der Waals surface area (Å²) in [4.78, 5) is 14.7. The Bertz CT molecular complexity index is 818. The first-order chi connectivity index (χ1) is 17.0. The van der Waals surface area contributed by atoms with Crippen molar-refractivity contribution in [2.45, 2.75) is 77.2 Å². The van der Waals surface area contributed by atoms with Crippen LogP contribution in [0, 0.1) is 5.92 Å². The smallest absolute Gasteiger partial charge is 0.230 e. The summed E-state index contributed by atoms with van der Waals surface area (Å²) in [6, 6.07) is 8.78. The Labute approximate surface area is 227 Å². The van der Waals surface area contributed by atoms with Crippen molar-refractivity contribution in [1.29, 1.82) is 0 Å². The van der Waals surface area contributed by atoms with Gasteiger partial charge in [0.1, 0.15) is 16.9 Å². The van der Waals surface area contributed by atoms with Crippen molar-refractivity contribution in [1.82, 2.24) is 4.90 Å². The number of aliphatic hydroxyl groups is 1. The molecule has 0 spiro atoms. The molecule has 1 aliphatic heterocycles. The average molecular weight is 558 g/mol. The van der Waals surface area contributed by atoms with Crippen LogP contribution in [0.3, 0.4) is 0 Å². The Morgan fingerprint density at radius 3 is 2.53 bits per heavy atom. The Morgan fingerprint density at radius 2 is 1.92 bits per heavy atom. The minimum absolute atomic E-state index is 0.000966. The molecule has 2 rings (SSSR count). The molecule has 3 atom stereocenters. The van der Waals surface area contributed by atoms with Crippen molar-refractivity contribution in [3.05, 3.63) is 29.8 Å². The monoisotopic (exact) mass is 557 g/mol. The maximum Gasteiger partial charge on any atom is 0.230 e. The highest BCUT2D eigenvalue weighted by atomic mass is 32.2. The molecule has 0 aromatic heterocycles. The lowest BCUT2D eigenvalue weighted by atomic mass is 10.0. The Morgan fingerprint density at radius 1 is 1.22 bits per heavy atom. The van der Waals surface area contributed by atoms with E-state index in [1.54, 1.807) is 12.0 Å². The molecule has 1 aromatic carbocycles. The van der Waals surface area contributed by atoms with Crippen LogP contribution in [0.2, 0.25) is 25.7 Å². The van der Waals surface area contributed by atoms with Gasteiger partial charge in [-0.2, -0.15) is 0 Å². The zero-order valence-electron chi connectivity index (χ0n) is 22.5. The van der Waals surface area contributed by atoms with Crippen LogP contribution in [0.25, 0.3) is 0 Å². The SMILES string of the molecule is COc1ccc(CO[C@@H](COCOCC[Si](C)(C)C)C[C@H](O)CC(=O)N2C(=S)SC[C@@H]2C(C)C)cc1. The highest BCUT2D eigenvalue weighted by Gasteiger charge is 2.36. The van der Waals surface area contributed by atoms with E-state index in [-0.39, 0.29) is 38.2 Å². The van der Waals surface area contributed by atoms with Crippen molar-refractivity contribution in [3.8, 4) is 5.75 Å². The second kappa shape index (κ2) is 15.4. The summed E-state index contributed by atoms with van der Waals surface area (Å²) < 4.78 is 23.3. The molecular weight excluding hydrogens is 515 g/mol. The van der Waals surface area contributed by atoms with Gasteiger partial charge in [-0.05, 0) is 29.7 Å². The standard InChI is InChI=1S/C26H43NO6S2Si/c1-19(2)24-17-35-26(34)27(24)25(29)14-21(28)13-23(16-32-18-31-11-12-36(4,5)6)33-15-20-7-9-22(30-3)10-8-20/h7-10,19,21,23-24,28H,11-18H2,1-6H3/t21-,23+,24+/m0/s1. The predicted octanol–water partition coefficient (Wildman–Crippen LogP) is 4.94. The number of carbonyl (C=O) groups excluding carboxylic acids is 1. The topological polar surface area (TPSA) is 77.5 Å². The number of amides is 1. The molecule has 0 unspecified atom stereocenters. The van der Waals surface area contributed by atoms with Crippen LogP contribution in [-0.4, -0.2) is 79.4 Å². The van der Waals surface area contributed by atoms with E-state index in [2.05, 4.69) is 33.5 Å². The maximum atomic E-state index is 13.0. The third-order valence-corrected chi connectivity index (χ3v) is 9.21. The van der Waals surface area contributed by atoms with Gasteiger partial charge in [0, 0.05) is 32.9 Å². The van der Waals surface area contributed by atoms with Crippen molar-refractivity contribution < 1.29 is 28.8 Å². The molecule has 0 saturated carbocycles. The van der Waals surface area contributed by atoms with E-state index in [1.165, 1.54) is 11.8 Å². The zero-order chi connectivity index (χ0) is 26.7. The van der Waals surface area contributed by atoms with Crippen molar-refractivity contribution >= 4 is 42.3 Å². The molecule has 1 aromatic rings. The fourth-order valence-corrected chi connectivity index (χ4v) is 6.12. The number of ether oxygens (including phenoxy) is 4. The first-order valence-corrected chi connectivity index (χ1v) is 17.7. The lowest BCUT2D eigenvalue weighted by Gasteiger charge is -2.28. The van der Waals surface area contributed by atoms with Gasteiger partial charge in [0.05, 0.1) is 39.0 Å². The first kappa shape index (κ1) is 31.2. The van der Waals surface area contributed by atoms with Gasteiger partial charge in [0.25, 0.3) is 0 Å². The lowest BCUT2D eigenvalue weighted by Crippen LogP contribution is -2.43. The summed E-state index contributed by atoms with van der Waals surface area (Å²) >= 11 is 6.93. The molecule has 1 fully saturated rings. The molecule has 1 amide bonds. The number of thioether (sulfide) groups is 1. The second-order valence-electron chi connectivity index (χ2n) is 10.7. The van der Waals surface area contributed by atoms with Crippen LogP contribution in [0.4, 0.5) is 0 Å². The van der Waals surface area contributed by atoms with Gasteiger partial charge in [0.2, 0.25) is 5.91 Å². The van der Waals surface area contributed by atoms with E-state index in [9.17, 15) is 9.90 Å². The number of benzene rings is 1. The zero-order valence-corrected chi connectivity index (χ0v) is 25.2. The van der Waals surface area contributed by atoms with Crippen LogP contribution in [0.5, 0.6) is 5.75 Å². The molecule has 0 aliphatic carbocycles. The van der Waals surface area contributed by atoms with Gasteiger partial charge in [-0.25, -0.2) is 0 Å². The van der Waals surface area contributed by atoms with Crippen molar-refractivity contribution in [3.63, 3.8) is 0 Å². The maximum absolute atomic E-state index is 13.0. The van der Waals surface area contributed by atoms with Crippen LogP contribution >= 0.6 is 24.0 Å². The molecular formula is C26H43NO6S2Si. The molecule has 10 heteroatoms. The van der Waals surface area contributed by atoms with Gasteiger partial charge >= 0.3 is 0 Å². The minimum atomic E-state index is -1.16. The molecule has 204 valence electrons. The van der Waals surface area contributed by atoms with Gasteiger partial charge in [-0.3, -0.25) is 9.69 Å². The van der Waals surface area contributed by atoms with Gasteiger partial charge < -0.3 is 24.1 Å². The van der Waals surface area contributed by atoms with Crippen molar-refractivity contribution in [2.24, 2.45) is 5.92 Å². The Kier molecular flexibility index (Phi) is 13.4. The van der Waals surface area contributed by atoms with Gasteiger partial charge in [-0.1, -0.05) is 69.6 Å². The minimum Gasteiger partial charge on any atom is -0.497 e. The third kappa shape index (κ3) is 11.2. The molecule has 1 aliphatic rings. The fraction of sp³-hybridized carbons (Fsp3) is 0.692. The van der Waals surface area contributed by atoms with Gasteiger partial charge in [-0.15, -0.1) is 0 Å². The largest absolute Gasteiger partial charge is 0.497 e. The third-order valence-electron chi connectivity index (χ3n) is 6.00. The lowest BCUT2D eigenvalue weighted by molar-refractivity contribution is -0.132. The van der Waals surface area contributed by atoms with Crippen molar-refractivity contribution in [2.75, 3.05) is 32.9 Å². The molecule has 36 heavy (non-hydrogen) atoms. The van der Waals surface area contributed by atoms with Crippen LogP contribution in [0.15, 0.2) is 24.3 Å². The van der Waals surface area contributed by atoms with E-state index in [4.69, 9.17) is 31.2 Å². The van der Waals surface area contributed by atoms with Crippen LogP contribution < -0.4 is 4.74 Å². The van der Waals surface area contributed by atoms with Crippen LogP contribution in [-0.2, 0) is 25.6 Å². The molecule has 0 radical (unpaired) electrons. The molecule has 0 bridgehead atoms. The van der Waals surface area contributed by atoms with E-state index in [0.29, 0.717) is 23.5 Å². The summed E-state index contributed by atoms with van der Waals surface area (Å²) in [5.41, 5.74) is 0.983. The summed E-state index contributed by atoms with van der Waals surface area (Å²) in [7, 11) is 0.473. The number of thiocarbonyl (C=S) groups is 1. The number of rotatable bonds is 16. The summed E-state index contributed by atoms with van der Waals surface area (Å²) in [6.45, 7) is 12.6. The molecule has 1 heterocycles. The summed E-state index contributed by atoms with van der Waals surface area (Å²) in [5, 5.41) is 10.8. The fourth-order valence-electron chi connectivity index (χ4n) is 3.70. The highest BCUT2D eigenvalue weighted by molar-refractivity contribution is 8.23. The number of hydrogen-bond donors (Lipinski definition) is 1. The first-order valence-electron chi connectivity index (χ1n) is 12.6. The van der Waals surface area contributed by atoms with Gasteiger partial charge in [0.15, 0.2) is 0 Å². The number of methoxy groups -OCH3 is 1. The quantitative estimate of drug-likeness (QED) is 0.133. The average Bonchev–Trinajstić information content (AvgIpc) is 3.21. The Balaban J connectivity index is 1.90. The normalized spacial score (nSPS) is 18.1. The van der Waals surface area contributed by atoms with E-state index in [0.717, 1.165) is 23.1 Å². The predicted molar refractivity (Wildman–Crippen MR) is 152 cm³/mol. The number of hydrogen-bond acceptors (Lipinski definition) is 8. The molecule has 7 nitrogen and oxygen atoms in total. The molecule has 1 saturated heterocycles. The second-order valence-corrected chi connectivity index (χ2v) is 18.0. The molecule has 1 N–H and O–H groups in total. The number of aliphatic hydroxyl groups excluding tert-OH is 1. The number of nitrogens with zero attached hydrogens (tertiary/aromatic N) is 1.